The van der Waals surface area contributed by atoms with Gasteiger partial charge >= 0.3 is 0 Å². The number of nitrogens with zero attached hydrogens (tertiary/aromatic N) is 1. The van der Waals surface area contributed by atoms with Crippen LogP contribution < -0.4 is 5.32 Å². The SMILES string of the molecule is CC(C)CC[C@@H](C)NC(=O)c1ccc(S(=O)(=O)N2CCCC2)o1. The third kappa shape index (κ3) is 4.57. The Morgan fingerprint density at radius 3 is 2.48 bits per heavy atom. The summed E-state index contributed by atoms with van der Waals surface area (Å²) in [6.45, 7) is 7.23. The molecule has 2 heterocycles. The van der Waals surface area contributed by atoms with Gasteiger partial charge in [0.05, 0.1) is 0 Å². The second-order valence-electron chi connectivity index (χ2n) is 6.58. The van der Waals surface area contributed by atoms with E-state index in [4.69, 9.17) is 4.42 Å². The minimum Gasteiger partial charge on any atom is -0.438 e. The van der Waals surface area contributed by atoms with E-state index < -0.39 is 10.0 Å². The van der Waals surface area contributed by atoms with Gasteiger partial charge in [0.1, 0.15) is 0 Å². The van der Waals surface area contributed by atoms with Gasteiger partial charge in [-0.15, -0.1) is 0 Å². The summed E-state index contributed by atoms with van der Waals surface area (Å²) in [6, 6.07) is 2.81. The van der Waals surface area contributed by atoms with E-state index in [0.717, 1.165) is 25.7 Å². The highest BCUT2D eigenvalue weighted by atomic mass is 32.2. The molecule has 1 aromatic rings. The molecule has 0 spiro atoms. The van der Waals surface area contributed by atoms with Crippen LogP contribution in [0.3, 0.4) is 0 Å². The molecular weight excluding hydrogens is 316 g/mol. The van der Waals surface area contributed by atoms with Crippen LogP contribution in [0.15, 0.2) is 21.6 Å². The van der Waals surface area contributed by atoms with Gasteiger partial charge in [0, 0.05) is 19.1 Å². The molecule has 0 aromatic carbocycles. The predicted octanol–water partition coefficient (Wildman–Crippen LogP) is 2.62. The summed E-state index contributed by atoms with van der Waals surface area (Å²) in [5.41, 5.74) is 0. The Labute approximate surface area is 138 Å². The number of rotatable bonds is 7. The Bertz CT molecular complexity index is 630. The van der Waals surface area contributed by atoms with E-state index in [0.29, 0.717) is 19.0 Å². The van der Waals surface area contributed by atoms with Crippen molar-refractivity contribution >= 4 is 15.9 Å². The highest BCUT2D eigenvalue weighted by molar-refractivity contribution is 7.89. The number of hydrogen-bond acceptors (Lipinski definition) is 4. The molecule has 0 saturated carbocycles. The van der Waals surface area contributed by atoms with Gasteiger partial charge < -0.3 is 9.73 Å². The van der Waals surface area contributed by atoms with Gasteiger partial charge in [0.25, 0.3) is 15.9 Å². The zero-order chi connectivity index (χ0) is 17.0. The van der Waals surface area contributed by atoms with Crippen molar-refractivity contribution in [2.24, 2.45) is 5.92 Å². The van der Waals surface area contributed by atoms with E-state index in [1.54, 1.807) is 0 Å². The summed E-state index contributed by atoms with van der Waals surface area (Å²) in [6.07, 6.45) is 3.62. The summed E-state index contributed by atoms with van der Waals surface area (Å²) in [7, 11) is -3.61. The van der Waals surface area contributed by atoms with Crippen LogP contribution in [-0.4, -0.2) is 37.8 Å². The first-order chi connectivity index (χ1) is 10.8. The summed E-state index contributed by atoms with van der Waals surface area (Å²) in [5.74, 6) is 0.249. The highest BCUT2D eigenvalue weighted by Crippen LogP contribution is 2.22. The number of carbonyl (C=O) groups is 1. The molecule has 1 N–H and O–H groups in total. The Balaban J connectivity index is 1.99. The van der Waals surface area contributed by atoms with Gasteiger partial charge in [-0.05, 0) is 50.7 Å². The van der Waals surface area contributed by atoms with Gasteiger partial charge in [-0.3, -0.25) is 4.79 Å². The minimum atomic E-state index is -3.61. The van der Waals surface area contributed by atoms with E-state index >= 15 is 0 Å². The van der Waals surface area contributed by atoms with Crippen molar-refractivity contribution in [3.63, 3.8) is 0 Å². The molecule has 0 bridgehead atoms. The van der Waals surface area contributed by atoms with Gasteiger partial charge in [-0.25, -0.2) is 8.42 Å². The molecule has 1 aliphatic heterocycles. The van der Waals surface area contributed by atoms with Crippen LogP contribution >= 0.6 is 0 Å². The fourth-order valence-electron chi connectivity index (χ4n) is 2.59. The van der Waals surface area contributed by atoms with Gasteiger partial charge in [0.2, 0.25) is 5.09 Å². The first-order valence-electron chi connectivity index (χ1n) is 8.21. The monoisotopic (exact) mass is 342 g/mol. The highest BCUT2D eigenvalue weighted by Gasteiger charge is 2.30. The van der Waals surface area contributed by atoms with E-state index in [1.165, 1.54) is 16.4 Å². The number of sulfonamides is 1. The maximum atomic E-state index is 12.4. The number of carbonyl (C=O) groups excluding carboxylic acids is 1. The van der Waals surface area contributed by atoms with Crippen molar-refractivity contribution in [3.8, 4) is 0 Å². The second-order valence-corrected chi connectivity index (χ2v) is 8.44. The average molecular weight is 342 g/mol. The largest absolute Gasteiger partial charge is 0.438 e. The molecular formula is C16H26N2O4S. The molecule has 130 valence electrons. The summed E-state index contributed by atoms with van der Waals surface area (Å²) in [5, 5.41) is 2.69. The van der Waals surface area contributed by atoms with Crippen molar-refractivity contribution in [2.45, 2.75) is 57.6 Å². The third-order valence-corrected chi connectivity index (χ3v) is 5.79. The second kappa shape index (κ2) is 7.49. The molecule has 0 aliphatic carbocycles. The van der Waals surface area contributed by atoms with Crippen molar-refractivity contribution in [1.82, 2.24) is 9.62 Å². The number of furan rings is 1. The molecule has 23 heavy (non-hydrogen) atoms. The molecule has 1 saturated heterocycles. The molecule has 1 amide bonds. The van der Waals surface area contributed by atoms with Gasteiger partial charge in [0.15, 0.2) is 5.76 Å². The first-order valence-corrected chi connectivity index (χ1v) is 9.65. The lowest BCUT2D eigenvalue weighted by molar-refractivity contribution is 0.0903. The first kappa shape index (κ1) is 18.0. The van der Waals surface area contributed by atoms with Crippen LogP contribution in [0.1, 0.15) is 57.0 Å². The van der Waals surface area contributed by atoms with E-state index in [2.05, 4.69) is 19.2 Å². The maximum absolute atomic E-state index is 12.4. The van der Waals surface area contributed by atoms with Crippen LogP contribution in [0.4, 0.5) is 0 Å². The van der Waals surface area contributed by atoms with Crippen LogP contribution in [0.25, 0.3) is 0 Å². The summed E-state index contributed by atoms with van der Waals surface area (Å²) in [4.78, 5) is 12.1. The number of amides is 1. The third-order valence-electron chi connectivity index (χ3n) is 4.02. The van der Waals surface area contributed by atoms with Crippen LogP contribution in [0.2, 0.25) is 0 Å². The zero-order valence-corrected chi connectivity index (χ0v) is 14.9. The fourth-order valence-corrected chi connectivity index (χ4v) is 4.02. The molecule has 1 aromatic heterocycles. The number of hydrogen-bond donors (Lipinski definition) is 1. The van der Waals surface area contributed by atoms with Crippen LogP contribution in [0.5, 0.6) is 0 Å². The fraction of sp³-hybridized carbons (Fsp3) is 0.688. The zero-order valence-electron chi connectivity index (χ0n) is 14.0. The van der Waals surface area contributed by atoms with Crippen molar-refractivity contribution in [1.29, 1.82) is 0 Å². The van der Waals surface area contributed by atoms with Crippen molar-refractivity contribution < 1.29 is 17.6 Å². The Hall–Kier alpha value is -1.34. The van der Waals surface area contributed by atoms with Crippen molar-refractivity contribution in [3.05, 3.63) is 17.9 Å². The molecule has 7 heteroatoms. The molecule has 1 atom stereocenters. The molecule has 0 radical (unpaired) electrons. The Kier molecular flexibility index (Phi) is 5.86. The van der Waals surface area contributed by atoms with Gasteiger partial charge in [-0.2, -0.15) is 4.31 Å². The summed E-state index contributed by atoms with van der Waals surface area (Å²) >= 11 is 0. The average Bonchev–Trinajstić information content (AvgIpc) is 3.16. The quantitative estimate of drug-likeness (QED) is 0.826. The Morgan fingerprint density at radius 2 is 1.87 bits per heavy atom. The lowest BCUT2D eigenvalue weighted by atomic mass is 10.0. The maximum Gasteiger partial charge on any atom is 0.287 e. The molecule has 1 fully saturated rings. The summed E-state index contributed by atoms with van der Waals surface area (Å²) < 4.78 is 31.5. The van der Waals surface area contributed by atoms with Crippen LogP contribution in [0, 0.1) is 5.92 Å². The van der Waals surface area contributed by atoms with Gasteiger partial charge in [-0.1, -0.05) is 13.8 Å². The van der Waals surface area contributed by atoms with E-state index in [9.17, 15) is 13.2 Å². The minimum absolute atomic E-state index is 0.0219. The molecule has 0 unspecified atom stereocenters. The number of nitrogens with one attached hydrogen (secondary N) is 1. The smallest absolute Gasteiger partial charge is 0.287 e. The van der Waals surface area contributed by atoms with Crippen LogP contribution in [-0.2, 0) is 10.0 Å². The van der Waals surface area contributed by atoms with Crippen molar-refractivity contribution in [2.75, 3.05) is 13.1 Å². The standard InChI is InChI=1S/C16H26N2O4S/c1-12(2)6-7-13(3)17-16(19)14-8-9-15(22-14)23(20,21)18-10-4-5-11-18/h8-9,12-13H,4-7,10-11H2,1-3H3,(H,17,19)/t13-/m1/s1. The lowest BCUT2D eigenvalue weighted by Crippen LogP contribution is -2.32. The van der Waals surface area contributed by atoms with E-state index in [1.807, 2.05) is 6.92 Å². The molecule has 1 aliphatic rings. The Morgan fingerprint density at radius 1 is 1.22 bits per heavy atom. The molecule has 6 nitrogen and oxygen atoms in total. The van der Waals surface area contributed by atoms with E-state index in [-0.39, 0.29) is 22.8 Å². The lowest BCUT2D eigenvalue weighted by Gasteiger charge is -2.14. The topological polar surface area (TPSA) is 79.6 Å². The molecule has 2 rings (SSSR count). The normalized spacial score (nSPS) is 17.6. The predicted molar refractivity (Wildman–Crippen MR) is 87.7 cm³/mol.